The van der Waals surface area contributed by atoms with Gasteiger partial charge < -0.3 is 25.6 Å². The standard InChI is InChI=1S/C31H43FN4O4/c1-7-23(12-9-21(2)3)25-17-35(6)29(39)31(25)15-8-16-36(20-31)27(37)26(34-28(38)30(4,5)33)19-40-18-22-10-13-24(32)14-11-22/h7,9-14,25-26H,1,8,15-20,33H2,2-6H3,(H,34,38)/b23-12+. The highest BCUT2D eigenvalue weighted by Crippen LogP contribution is 2.47. The Bertz CT molecular complexity index is 1170. The highest BCUT2D eigenvalue weighted by Gasteiger charge is 2.56. The molecule has 2 fully saturated rings. The van der Waals surface area contributed by atoms with Crippen LogP contribution < -0.4 is 11.1 Å². The molecule has 0 radical (unpaired) electrons. The molecule has 8 nitrogen and oxygen atoms in total. The van der Waals surface area contributed by atoms with Crippen molar-refractivity contribution >= 4 is 17.7 Å². The molecule has 2 saturated heterocycles. The number of nitrogens with two attached hydrogens (primary N) is 1. The van der Waals surface area contributed by atoms with Gasteiger partial charge in [-0.2, -0.15) is 0 Å². The maximum Gasteiger partial charge on any atom is 0.247 e. The Morgan fingerprint density at radius 2 is 1.95 bits per heavy atom. The molecule has 1 aromatic carbocycles. The van der Waals surface area contributed by atoms with E-state index in [1.807, 2.05) is 26.0 Å². The van der Waals surface area contributed by atoms with Gasteiger partial charge in [-0.25, -0.2) is 4.39 Å². The third kappa shape index (κ3) is 7.26. The lowest BCUT2D eigenvalue weighted by Gasteiger charge is -2.43. The molecule has 3 rings (SSSR count). The summed E-state index contributed by atoms with van der Waals surface area (Å²) >= 11 is 0. The predicted octanol–water partition coefficient (Wildman–Crippen LogP) is 3.34. The van der Waals surface area contributed by atoms with Crippen molar-refractivity contribution in [3.8, 4) is 0 Å². The molecule has 2 aliphatic heterocycles. The van der Waals surface area contributed by atoms with Gasteiger partial charge in [-0.1, -0.05) is 42.5 Å². The van der Waals surface area contributed by atoms with Crippen LogP contribution in [0, 0.1) is 17.2 Å². The normalized spacial score (nSPS) is 22.3. The quantitative estimate of drug-likeness (QED) is 0.432. The second kappa shape index (κ2) is 12.9. The molecule has 218 valence electrons. The highest BCUT2D eigenvalue weighted by atomic mass is 19.1. The zero-order chi connectivity index (χ0) is 29.7. The van der Waals surface area contributed by atoms with Crippen LogP contribution in [0.5, 0.6) is 0 Å². The number of ether oxygens (including phenoxy) is 1. The molecule has 1 aromatic rings. The third-order valence-electron chi connectivity index (χ3n) is 7.63. The third-order valence-corrected chi connectivity index (χ3v) is 7.63. The van der Waals surface area contributed by atoms with Gasteiger partial charge in [-0.15, -0.1) is 0 Å². The van der Waals surface area contributed by atoms with Crippen LogP contribution in [0.3, 0.4) is 0 Å². The number of nitrogens with zero attached hydrogens (tertiary/aromatic N) is 2. The largest absolute Gasteiger partial charge is 0.374 e. The topological polar surface area (TPSA) is 105 Å². The van der Waals surface area contributed by atoms with E-state index in [4.69, 9.17) is 10.5 Å². The molecule has 1 spiro atoms. The molecule has 0 aromatic heterocycles. The summed E-state index contributed by atoms with van der Waals surface area (Å²) in [5.74, 6) is -1.29. The second-order valence-corrected chi connectivity index (χ2v) is 11.8. The van der Waals surface area contributed by atoms with Crippen molar-refractivity contribution in [2.24, 2.45) is 17.1 Å². The Morgan fingerprint density at radius 1 is 1.27 bits per heavy atom. The summed E-state index contributed by atoms with van der Waals surface area (Å²) in [4.78, 5) is 43.7. The van der Waals surface area contributed by atoms with Crippen molar-refractivity contribution < 1.29 is 23.5 Å². The fourth-order valence-electron chi connectivity index (χ4n) is 5.42. The smallest absolute Gasteiger partial charge is 0.247 e. The average molecular weight is 555 g/mol. The van der Waals surface area contributed by atoms with E-state index < -0.39 is 22.9 Å². The number of hydrogen-bond acceptors (Lipinski definition) is 5. The first-order valence-electron chi connectivity index (χ1n) is 13.7. The number of amides is 3. The molecule has 40 heavy (non-hydrogen) atoms. The number of halogens is 1. The molecule has 3 N–H and O–H groups in total. The number of hydrogen-bond donors (Lipinski definition) is 2. The van der Waals surface area contributed by atoms with E-state index in [9.17, 15) is 18.8 Å². The fraction of sp³-hybridized carbons (Fsp3) is 0.516. The first kappa shape index (κ1) is 31.2. The zero-order valence-electron chi connectivity index (χ0n) is 24.3. The van der Waals surface area contributed by atoms with Crippen molar-refractivity contribution in [1.82, 2.24) is 15.1 Å². The molecule has 0 aliphatic carbocycles. The van der Waals surface area contributed by atoms with E-state index in [1.165, 1.54) is 12.1 Å². The van der Waals surface area contributed by atoms with Crippen molar-refractivity contribution in [2.45, 2.75) is 58.7 Å². The van der Waals surface area contributed by atoms with Gasteiger partial charge in [0.2, 0.25) is 17.7 Å². The van der Waals surface area contributed by atoms with E-state index in [2.05, 4.69) is 11.9 Å². The lowest BCUT2D eigenvalue weighted by atomic mass is 9.68. The van der Waals surface area contributed by atoms with Crippen LogP contribution in [0.15, 0.2) is 60.2 Å². The molecule has 0 bridgehead atoms. The number of nitrogens with one attached hydrogen (secondary N) is 1. The van der Waals surface area contributed by atoms with Crippen LogP contribution in [0.25, 0.3) is 0 Å². The van der Waals surface area contributed by atoms with E-state index >= 15 is 0 Å². The summed E-state index contributed by atoms with van der Waals surface area (Å²) in [6.07, 6.45) is 7.12. The molecule has 9 heteroatoms. The van der Waals surface area contributed by atoms with Crippen LogP contribution in [0.1, 0.15) is 46.1 Å². The Hall–Kier alpha value is -3.30. The molecule has 3 unspecified atom stereocenters. The van der Waals surface area contributed by atoms with E-state index in [0.29, 0.717) is 25.9 Å². The summed E-state index contributed by atoms with van der Waals surface area (Å²) in [6, 6.07) is 4.87. The van der Waals surface area contributed by atoms with Gasteiger partial charge in [0.25, 0.3) is 0 Å². The molecular formula is C31H43FN4O4. The zero-order valence-corrected chi connectivity index (χ0v) is 24.3. The monoisotopic (exact) mass is 554 g/mol. The predicted molar refractivity (Wildman–Crippen MR) is 153 cm³/mol. The van der Waals surface area contributed by atoms with Crippen LogP contribution in [0.4, 0.5) is 4.39 Å². The number of carbonyl (C=O) groups is 3. The fourth-order valence-corrected chi connectivity index (χ4v) is 5.42. The van der Waals surface area contributed by atoms with Gasteiger partial charge in [0.1, 0.15) is 11.9 Å². The SMILES string of the molecule is C=C/C(=C\C=C(C)C)C1CN(C)C(=O)C12CCCN(C(=O)C(COCc1ccc(F)cc1)NC(=O)C(C)(C)N)C2. The van der Waals surface area contributed by atoms with Crippen LogP contribution in [-0.2, 0) is 25.7 Å². The van der Waals surface area contributed by atoms with E-state index in [1.54, 1.807) is 48.9 Å². The first-order valence-corrected chi connectivity index (χ1v) is 13.7. The molecule has 3 amide bonds. The van der Waals surface area contributed by atoms with Gasteiger partial charge in [-0.3, -0.25) is 14.4 Å². The first-order chi connectivity index (χ1) is 18.8. The molecule has 0 saturated carbocycles. The van der Waals surface area contributed by atoms with Crippen molar-refractivity contribution in [3.05, 3.63) is 71.6 Å². The minimum atomic E-state index is -1.21. The molecule has 2 aliphatic rings. The summed E-state index contributed by atoms with van der Waals surface area (Å²) < 4.78 is 19.1. The van der Waals surface area contributed by atoms with Crippen LogP contribution in [-0.4, -0.2) is 72.4 Å². The van der Waals surface area contributed by atoms with E-state index in [0.717, 1.165) is 16.7 Å². The van der Waals surface area contributed by atoms with Gasteiger partial charge in [0.15, 0.2) is 0 Å². The summed E-state index contributed by atoms with van der Waals surface area (Å²) in [5.41, 5.74) is 6.84. The summed E-state index contributed by atoms with van der Waals surface area (Å²) in [7, 11) is 1.79. The van der Waals surface area contributed by atoms with Gasteiger partial charge in [0.05, 0.1) is 24.2 Å². The Morgan fingerprint density at radius 3 is 2.55 bits per heavy atom. The Kier molecular flexibility index (Phi) is 10.1. The highest BCUT2D eigenvalue weighted by molar-refractivity contribution is 5.92. The number of rotatable bonds is 10. The Balaban J connectivity index is 1.85. The lowest BCUT2D eigenvalue weighted by molar-refractivity contribution is -0.147. The number of benzene rings is 1. The number of carbonyl (C=O) groups excluding carboxylic acids is 3. The molecule has 2 heterocycles. The van der Waals surface area contributed by atoms with Gasteiger partial charge in [0, 0.05) is 32.6 Å². The lowest BCUT2D eigenvalue weighted by Crippen LogP contribution is -2.60. The van der Waals surface area contributed by atoms with Crippen LogP contribution in [0.2, 0.25) is 0 Å². The van der Waals surface area contributed by atoms with Crippen LogP contribution >= 0.6 is 0 Å². The summed E-state index contributed by atoms with van der Waals surface area (Å²) in [5, 5.41) is 2.76. The minimum Gasteiger partial charge on any atom is -0.374 e. The molecular weight excluding hydrogens is 511 g/mol. The molecule has 3 atom stereocenters. The maximum absolute atomic E-state index is 13.9. The summed E-state index contributed by atoms with van der Waals surface area (Å²) in [6.45, 7) is 12.4. The van der Waals surface area contributed by atoms with Gasteiger partial charge in [-0.05, 0) is 63.8 Å². The van der Waals surface area contributed by atoms with Gasteiger partial charge >= 0.3 is 0 Å². The number of allylic oxidation sites excluding steroid dienone is 4. The average Bonchev–Trinajstić information content (AvgIpc) is 3.13. The minimum absolute atomic E-state index is 0.0104. The van der Waals surface area contributed by atoms with E-state index in [-0.39, 0.29) is 43.3 Å². The second-order valence-electron chi connectivity index (χ2n) is 11.8. The van der Waals surface area contributed by atoms with Crippen molar-refractivity contribution in [1.29, 1.82) is 0 Å². The maximum atomic E-state index is 13.9. The number of piperidine rings is 1. The number of likely N-dealkylation sites (tertiary alicyclic amines) is 2. The Labute approximate surface area is 237 Å². The van der Waals surface area contributed by atoms with Crippen molar-refractivity contribution in [2.75, 3.05) is 33.3 Å². The van der Waals surface area contributed by atoms with Crippen molar-refractivity contribution in [3.63, 3.8) is 0 Å².